The molecule has 0 fully saturated rings. The lowest BCUT2D eigenvalue weighted by Gasteiger charge is -2.05. The van der Waals surface area contributed by atoms with Crippen LogP contribution in [-0.4, -0.2) is 9.78 Å². The second-order valence-electron chi connectivity index (χ2n) is 4.38. The molecule has 0 spiro atoms. The molecule has 0 unspecified atom stereocenters. The van der Waals surface area contributed by atoms with E-state index >= 15 is 0 Å². The van der Waals surface area contributed by atoms with E-state index in [9.17, 15) is 4.79 Å². The van der Waals surface area contributed by atoms with Crippen molar-refractivity contribution < 1.29 is 0 Å². The van der Waals surface area contributed by atoms with Crippen molar-refractivity contribution in [1.29, 1.82) is 0 Å². The molecule has 2 rings (SSSR count). The summed E-state index contributed by atoms with van der Waals surface area (Å²) in [5, 5.41) is 3.14. The zero-order chi connectivity index (χ0) is 12.4. The van der Waals surface area contributed by atoms with Crippen LogP contribution in [0.1, 0.15) is 31.0 Å². The normalized spacial score (nSPS) is 11.1. The zero-order valence-corrected chi connectivity index (χ0v) is 11.5. The van der Waals surface area contributed by atoms with Crippen LogP contribution >= 0.6 is 15.9 Å². The summed E-state index contributed by atoms with van der Waals surface area (Å²) in [6.07, 6.45) is 0. The summed E-state index contributed by atoms with van der Waals surface area (Å²) in [4.78, 5) is 11.8. The maximum atomic E-state index is 11.8. The third-order valence-electron chi connectivity index (χ3n) is 2.72. The highest BCUT2D eigenvalue weighted by Crippen LogP contribution is 2.16. The van der Waals surface area contributed by atoms with Gasteiger partial charge in [0, 0.05) is 16.2 Å². The molecule has 0 aliphatic carbocycles. The van der Waals surface area contributed by atoms with E-state index in [1.54, 1.807) is 10.7 Å². The Morgan fingerprint density at radius 1 is 1.35 bits per heavy atom. The fraction of sp³-hybridized carbons (Fsp3) is 0.308. The second kappa shape index (κ2) is 4.92. The molecule has 0 bridgehead atoms. The Balaban J connectivity index is 2.31. The highest BCUT2D eigenvalue weighted by molar-refractivity contribution is 9.10. The molecular weight excluding hydrogens is 280 g/mol. The van der Waals surface area contributed by atoms with Crippen LogP contribution in [0, 0.1) is 0 Å². The summed E-state index contributed by atoms with van der Waals surface area (Å²) in [5.41, 5.74) is 2.08. The molecular formula is C13H15BrN2O. The predicted molar refractivity (Wildman–Crippen MR) is 72.4 cm³/mol. The van der Waals surface area contributed by atoms with Gasteiger partial charge in [0.05, 0.1) is 6.54 Å². The van der Waals surface area contributed by atoms with Crippen LogP contribution in [0.15, 0.2) is 39.6 Å². The Morgan fingerprint density at radius 2 is 2.06 bits per heavy atom. The highest BCUT2D eigenvalue weighted by atomic mass is 79.9. The fourth-order valence-corrected chi connectivity index (χ4v) is 2.07. The summed E-state index contributed by atoms with van der Waals surface area (Å²) < 4.78 is 2.66. The van der Waals surface area contributed by atoms with Crippen molar-refractivity contribution in [2.24, 2.45) is 0 Å². The van der Waals surface area contributed by atoms with Gasteiger partial charge in [-0.15, -0.1) is 0 Å². The van der Waals surface area contributed by atoms with Gasteiger partial charge < -0.3 is 0 Å². The molecule has 4 heteroatoms. The third kappa shape index (κ3) is 2.69. The van der Waals surface area contributed by atoms with Gasteiger partial charge in [-0.2, -0.15) is 0 Å². The first-order valence-corrected chi connectivity index (χ1v) is 6.40. The lowest BCUT2D eigenvalue weighted by Crippen LogP contribution is -2.16. The van der Waals surface area contributed by atoms with Crippen LogP contribution in [0.4, 0.5) is 0 Å². The van der Waals surface area contributed by atoms with Crippen molar-refractivity contribution in [2.45, 2.75) is 26.3 Å². The van der Waals surface area contributed by atoms with Crippen molar-refractivity contribution in [1.82, 2.24) is 9.78 Å². The molecule has 2 aromatic rings. The SMILES string of the molecule is CC(C)c1cc(=O)n(Cc2ccccc2Br)[nH]1. The Kier molecular flexibility index (Phi) is 3.52. The van der Waals surface area contributed by atoms with Gasteiger partial charge in [0.2, 0.25) is 0 Å². The molecule has 90 valence electrons. The minimum absolute atomic E-state index is 0.0180. The number of hydrogen-bond acceptors (Lipinski definition) is 1. The summed E-state index contributed by atoms with van der Waals surface area (Å²) in [6, 6.07) is 9.59. The number of aromatic amines is 1. The van der Waals surface area contributed by atoms with Crippen molar-refractivity contribution in [3.05, 3.63) is 56.4 Å². The smallest absolute Gasteiger partial charge is 0.267 e. The van der Waals surface area contributed by atoms with Gasteiger partial charge in [-0.05, 0) is 17.5 Å². The Labute approximate surface area is 109 Å². The Bertz CT molecular complexity index is 569. The van der Waals surface area contributed by atoms with E-state index in [1.165, 1.54) is 0 Å². The summed E-state index contributed by atoms with van der Waals surface area (Å²) in [6.45, 7) is 4.69. The molecule has 17 heavy (non-hydrogen) atoms. The molecule has 3 nitrogen and oxygen atoms in total. The van der Waals surface area contributed by atoms with E-state index in [1.807, 2.05) is 24.3 Å². The van der Waals surface area contributed by atoms with Gasteiger partial charge in [0.15, 0.2) is 0 Å². The number of nitrogens with one attached hydrogen (secondary N) is 1. The van der Waals surface area contributed by atoms with Gasteiger partial charge in [-0.3, -0.25) is 9.89 Å². The zero-order valence-electron chi connectivity index (χ0n) is 9.90. The van der Waals surface area contributed by atoms with Crippen molar-refractivity contribution in [3.63, 3.8) is 0 Å². The monoisotopic (exact) mass is 294 g/mol. The summed E-state index contributed by atoms with van der Waals surface area (Å²) >= 11 is 3.48. The van der Waals surface area contributed by atoms with E-state index in [4.69, 9.17) is 0 Å². The summed E-state index contributed by atoms with van der Waals surface area (Å²) in [5.74, 6) is 0.336. The quantitative estimate of drug-likeness (QED) is 0.928. The molecule has 1 aromatic carbocycles. The van der Waals surface area contributed by atoms with Crippen LogP contribution < -0.4 is 5.56 Å². The molecule has 1 aromatic heterocycles. The number of rotatable bonds is 3. The summed E-state index contributed by atoms with van der Waals surface area (Å²) in [7, 11) is 0. The number of nitrogens with zero attached hydrogens (tertiary/aromatic N) is 1. The van der Waals surface area contributed by atoms with Gasteiger partial charge in [0.1, 0.15) is 0 Å². The molecule has 0 saturated carbocycles. The molecule has 0 atom stereocenters. The van der Waals surface area contributed by atoms with Crippen molar-refractivity contribution in [2.75, 3.05) is 0 Å². The largest absolute Gasteiger partial charge is 0.299 e. The van der Waals surface area contributed by atoms with Gasteiger partial charge in [-0.25, -0.2) is 4.68 Å². The number of hydrogen-bond donors (Lipinski definition) is 1. The average molecular weight is 295 g/mol. The first kappa shape index (κ1) is 12.2. The maximum Gasteiger partial charge on any atom is 0.267 e. The van der Waals surface area contributed by atoms with Crippen molar-refractivity contribution in [3.8, 4) is 0 Å². The number of H-pyrrole nitrogens is 1. The van der Waals surface area contributed by atoms with Gasteiger partial charge in [0.25, 0.3) is 5.56 Å². The molecule has 0 aliphatic rings. The second-order valence-corrected chi connectivity index (χ2v) is 5.24. The van der Waals surface area contributed by atoms with Crippen molar-refractivity contribution >= 4 is 15.9 Å². The molecule has 0 amide bonds. The van der Waals surface area contributed by atoms with Crippen LogP contribution in [-0.2, 0) is 6.54 Å². The lowest BCUT2D eigenvalue weighted by atomic mass is 10.1. The molecule has 1 heterocycles. The van der Waals surface area contributed by atoms with E-state index in [0.717, 1.165) is 15.7 Å². The van der Waals surface area contributed by atoms with Gasteiger partial charge in [-0.1, -0.05) is 48.0 Å². The van der Waals surface area contributed by atoms with E-state index in [-0.39, 0.29) is 5.56 Å². The Morgan fingerprint density at radius 3 is 2.65 bits per heavy atom. The number of halogens is 1. The fourth-order valence-electron chi connectivity index (χ4n) is 1.66. The van der Waals surface area contributed by atoms with E-state index in [2.05, 4.69) is 34.9 Å². The minimum Gasteiger partial charge on any atom is -0.299 e. The van der Waals surface area contributed by atoms with Crippen LogP contribution in [0.2, 0.25) is 0 Å². The first-order valence-electron chi connectivity index (χ1n) is 5.61. The van der Waals surface area contributed by atoms with E-state index in [0.29, 0.717) is 12.5 Å². The van der Waals surface area contributed by atoms with Crippen LogP contribution in [0.3, 0.4) is 0 Å². The van der Waals surface area contributed by atoms with Crippen LogP contribution in [0.25, 0.3) is 0 Å². The third-order valence-corrected chi connectivity index (χ3v) is 3.49. The number of benzene rings is 1. The molecule has 0 saturated heterocycles. The highest BCUT2D eigenvalue weighted by Gasteiger charge is 2.07. The molecule has 1 N–H and O–H groups in total. The predicted octanol–water partition coefficient (Wildman–Crippen LogP) is 3.11. The molecule has 0 radical (unpaired) electrons. The topological polar surface area (TPSA) is 37.8 Å². The number of aromatic nitrogens is 2. The minimum atomic E-state index is 0.0180. The molecule has 0 aliphatic heterocycles. The van der Waals surface area contributed by atoms with Crippen LogP contribution in [0.5, 0.6) is 0 Å². The van der Waals surface area contributed by atoms with Gasteiger partial charge >= 0.3 is 0 Å². The van der Waals surface area contributed by atoms with E-state index < -0.39 is 0 Å². The average Bonchev–Trinajstić information content (AvgIpc) is 2.64. The first-order chi connectivity index (χ1) is 8.08. The Hall–Kier alpha value is -1.29. The standard InChI is InChI=1S/C13H15BrN2O/c1-9(2)12-7-13(17)16(15-12)8-10-5-3-4-6-11(10)14/h3-7,9,15H,8H2,1-2H3. The maximum absolute atomic E-state index is 11.8. The lowest BCUT2D eigenvalue weighted by molar-refractivity contribution is 0.639.